The van der Waals surface area contributed by atoms with Crippen LogP contribution in [0.15, 0.2) is 24.3 Å². The Labute approximate surface area is 103 Å². The molecule has 0 heterocycles. The number of esters is 1. The Morgan fingerprint density at radius 1 is 1.12 bits per heavy atom. The second-order valence-electron chi connectivity index (χ2n) is 3.71. The fourth-order valence-electron chi connectivity index (χ4n) is 1.74. The van der Waals surface area contributed by atoms with Crippen LogP contribution in [0.2, 0.25) is 0 Å². The average Bonchev–Trinajstić information content (AvgIpc) is 2.33. The number of carbonyl (C=O) groups is 1. The lowest BCUT2D eigenvalue weighted by Crippen LogP contribution is -2.15. The molecule has 1 aromatic carbocycles. The molecule has 0 saturated carbocycles. The van der Waals surface area contributed by atoms with Crippen molar-refractivity contribution >= 4 is 5.97 Å². The highest BCUT2D eigenvalue weighted by Gasteiger charge is 2.19. The topological polar surface area (TPSA) is 35.5 Å². The summed E-state index contributed by atoms with van der Waals surface area (Å²) in [5.74, 6) is 0.500. The Morgan fingerprint density at radius 2 is 1.76 bits per heavy atom. The molecule has 0 aliphatic rings. The SMILES string of the molecule is CCOC(=O)C(CC)c1ccc(OCC)cc1. The molecule has 0 N–H and O–H groups in total. The molecule has 0 bridgehead atoms. The highest BCUT2D eigenvalue weighted by atomic mass is 16.5. The third kappa shape index (κ3) is 3.77. The largest absolute Gasteiger partial charge is 0.494 e. The van der Waals surface area contributed by atoms with E-state index in [0.717, 1.165) is 17.7 Å². The zero-order chi connectivity index (χ0) is 12.7. The number of rotatable bonds is 6. The van der Waals surface area contributed by atoms with E-state index in [0.29, 0.717) is 13.2 Å². The van der Waals surface area contributed by atoms with Gasteiger partial charge in [0.25, 0.3) is 0 Å². The molecule has 0 amide bonds. The Kier molecular flexibility index (Phi) is 5.53. The van der Waals surface area contributed by atoms with Gasteiger partial charge in [0, 0.05) is 0 Å². The van der Waals surface area contributed by atoms with Crippen molar-refractivity contribution < 1.29 is 14.3 Å². The Bertz CT molecular complexity index is 343. The van der Waals surface area contributed by atoms with Crippen LogP contribution in [0.3, 0.4) is 0 Å². The van der Waals surface area contributed by atoms with Crippen LogP contribution >= 0.6 is 0 Å². The van der Waals surface area contributed by atoms with E-state index in [4.69, 9.17) is 9.47 Å². The van der Waals surface area contributed by atoms with Crippen molar-refractivity contribution in [3.05, 3.63) is 29.8 Å². The summed E-state index contributed by atoms with van der Waals surface area (Å²) in [6.45, 7) is 6.82. The number of carbonyl (C=O) groups excluding carboxylic acids is 1. The Morgan fingerprint density at radius 3 is 2.24 bits per heavy atom. The number of benzene rings is 1. The van der Waals surface area contributed by atoms with Gasteiger partial charge >= 0.3 is 5.97 Å². The van der Waals surface area contributed by atoms with Crippen LogP contribution in [0, 0.1) is 0 Å². The molecule has 0 saturated heterocycles. The zero-order valence-corrected chi connectivity index (χ0v) is 10.7. The summed E-state index contributed by atoms with van der Waals surface area (Å²) in [5.41, 5.74) is 0.981. The van der Waals surface area contributed by atoms with E-state index in [1.54, 1.807) is 0 Å². The molecule has 1 aromatic rings. The highest BCUT2D eigenvalue weighted by Crippen LogP contribution is 2.23. The maximum Gasteiger partial charge on any atom is 0.313 e. The second kappa shape index (κ2) is 6.94. The van der Waals surface area contributed by atoms with Crippen LogP contribution in [0.1, 0.15) is 38.7 Å². The molecule has 0 fully saturated rings. The molecule has 1 rings (SSSR count). The van der Waals surface area contributed by atoms with Gasteiger partial charge in [-0.2, -0.15) is 0 Å². The van der Waals surface area contributed by atoms with Gasteiger partial charge in [0.1, 0.15) is 5.75 Å². The highest BCUT2D eigenvalue weighted by molar-refractivity contribution is 5.78. The first-order chi connectivity index (χ1) is 8.22. The van der Waals surface area contributed by atoms with Gasteiger partial charge in [-0.15, -0.1) is 0 Å². The van der Waals surface area contributed by atoms with Crippen molar-refractivity contribution in [2.45, 2.75) is 33.1 Å². The molecule has 0 aliphatic heterocycles. The third-order valence-electron chi connectivity index (χ3n) is 2.57. The summed E-state index contributed by atoms with van der Waals surface area (Å²) in [5, 5.41) is 0. The third-order valence-corrected chi connectivity index (χ3v) is 2.57. The van der Waals surface area contributed by atoms with Crippen molar-refractivity contribution in [3.8, 4) is 5.75 Å². The summed E-state index contributed by atoms with van der Waals surface area (Å²) in [6.07, 6.45) is 0.743. The van der Waals surface area contributed by atoms with Crippen molar-refractivity contribution in [1.29, 1.82) is 0 Å². The zero-order valence-electron chi connectivity index (χ0n) is 10.7. The molecule has 1 unspecified atom stereocenters. The smallest absolute Gasteiger partial charge is 0.313 e. The van der Waals surface area contributed by atoms with Crippen LogP contribution in [-0.2, 0) is 9.53 Å². The fraction of sp³-hybridized carbons (Fsp3) is 0.500. The molecule has 0 aliphatic carbocycles. The predicted octanol–water partition coefficient (Wildman–Crippen LogP) is 3.14. The van der Waals surface area contributed by atoms with Crippen molar-refractivity contribution in [2.24, 2.45) is 0 Å². The molecular formula is C14H20O3. The van der Waals surface area contributed by atoms with Gasteiger partial charge in [-0.25, -0.2) is 0 Å². The summed E-state index contributed by atoms with van der Waals surface area (Å²) in [4.78, 5) is 11.7. The molecule has 17 heavy (non-hydrogen) atoms. The van der Waals surface area contributed by atoms with Crippen LogP contribution in [0.25, 0.3) is 0 Å². The van der Waals surface area contributed by atoms with E-state index >= 15 is 0 Å². The van der Waals surface area contributed by atoms with Crippen molar-refractivity contribution in [3.63, 3.8) is 0 Å². The van der Waals surface area contributed by atoms with Gasteiger partial charge in [-0.05, 0) is 38.0 Å². The lowest BCUT2D eigenvalue weighted by Gasteiger charge is -2.14. The van der Waals surface area contributed by atoms with E-state index in [9.17, 15) is 4.79 Å². The first-order valence-electron chi connectivity index (χ1n) is 6.12. The first kappa shape index (κ1) is 13.6. The normalized spacial score (nSPS) is 11.9. The van der Waals surface area contributed by atoms with Crippen LogP contribution in [-0.4, -0.2) is 19.2 Å². The van der Waals surface area contributed by atoms with Gasteiger partial charge in [-0.3, -0.25) is 4.79 Å². The molecular weight excluding hydrogens is 216 g/mol. The summed E-state index contributed by atoms with van der Waals surface area (Å²) < 4.78 is 10.4. The number of hydrogen-bond donors (Lipinski definition) is 0. The summed E-state index contributed by atoms with van der Waals surface area (Å²) in [7, 11) is 0. The first-order valence-corrected chi connectivity index (χ1v) is 6.12. The maximum absolute atomic E-state index is 11.7. The maximum atomic E-state index is 11.7. The minimum Gasteiger partial charge on any atom is -0.494 e. The minimum atomic E-state index is -0.175. The van der Waals surface area contributed by atoms with Gasteiger partial charge < -0.3 is 9.47 Å². The average molecular weight is 236 g/mol. The van der Waals surface area contributed by atoms with Gasteiger partial charge in [0.2, 0.25) is 0 Å². The van der Waals surface area contributed by atoms with Crippen LogP contribution in [0.4, 0.5) is 0 Å². The summed E-state index contributed by atoms with van der Waals surface area (Å²) >= 11 is 0. The van der Waals surface area contributed by atoms with Crippen molar-refractivity contribution in [2.75, 3.05) is 13.2 Å². The molecule has 3 nitrogen and oxygen atoms in total. The van der Waals surface area contributed by atoms with Gasteiger partial charge in [0.15, 0.2) is 0 Å². The number of hydrogen-bond acceptors (Lipinski definition) is 3. The molecule has 1 atom stereocenters. The van der Waals surface area contributed by atoms with Gasteiger partial charge in [0.05, 0.1) is 19.1 Å². The molecule has 0 radical (unpaired) electrons. The minimum absolute atomic E-state index is 0.154. The molecule has 3 heteroatoms. The van der Waals surface area contributed by atoms with E-state index in [-0.39, 0.29) is 11.9 Å². The summed E-state index contributed by atoms with van der Waals surface area (Å²) in [6, 6.07) is 7.63. The second-order valence-corrected chi connectivity index (χ2v) is 3.71. The van der Waals surface area contributed by atoms with Crippen molar-refractivity contribution in [1.82, 2.24) is 0 Å². The number of ether oxygens (including phenoxy) is 2. The fourth-order valence-corrected chi connectivity index (χ4v) is 1.74. The van der Waals surface area contributed by atoms with Crippen LogP contribution in [0.5, 0.6) is 5.75 Å². The Balaban J connectivity index is 2.78. The van der Waals surface area contributed by atoms with E-state index in [2.05, 4.69) is 0 Å². The molecule has 0 spiro atoms. The standard InChI is InChI=1S/C14H20O3/c1-4-13(14(15)17-6-3)11-7-9-12(10-8-11)16-5-2/h7-10,13H,4-6H2,1-3H3. The quantitative estimate of drug-likeness (QED) is 0.712. The molecule has 94 valence electrons. The lowest BCUT2D eigenvalue weighted by atomic mass is 9.96. The van der Waals surface area contributed by atoms with E-state index in [1.807, 2.05) is 45.0 Å². The van der Waals surface area contributed by atoms with E-state index < -0.39 is 0 Å². The molecule has 0 aromatic heterocycles. The van der Waals surface area contributed by atoms with E-state index in [1.165, 1.54) is 0 Å². The monoisotopic (exact) mass is 236 g/mol. The van der Waals surface area contributed by atoms with Crippen LogP contribution < -0.4 is 4.74 Å². The van der Waals surface area contributed by atoms with Gasteiger partial charge in [-0.1, -0.05) is 19.1 Å². The predicted molar refractivity (Wildman–Crippen MR) is 67.3 cm³/mol. The Hall–Kier alpha value is -1.51. The lowest BCUT2D eigenvalue weighted by molar-refractivity contribution is -0.145.